The second-order valence-corrected chi connectivity index (χ2v) is 7.27. The van der Waals surface area contributed by atoms with E-state index in [1.54, 1.807) is 18.5 Å². The molecule has 1 N–H and O–H groups in total. The molecule has 3 rings (SSSR count). The summed E-state index contributed by atoms with van der Waals surface area (Å²) < 4.78 is 44.7. The first-order valence-electron chi connectivity index (χ1n) is 9.34. The number of benzene rings is 1. The molecular weight excluding hydrogens is 449 g/mol. The number of halogens is 4. The van der Waals surface area contributed by atoms with E-state index in [9.17, 15) is 22.8 Å². The Labute approximate surface area is 186 Å². The van der Waals surface area contributed by atoms with Gasteiger partial charge in [-0.05, 0) is 25.5 Å². The second kappa shape index (κ2) is 9.39. The molecule has 0 aliphatic carbocycles. The highest BCUT2D eigenvalue weighted by Gasteiger charge is 2.31. The van der Waals surface area contributed by atoms with Crippen molar-refractivity contribution in [2.45, 2.75) is 26.6 Å². The van der Waals surface area contributed by atoms with E-state index >= 15 is 0 Å². The lowest BCUT2D eigenvalue weighted by atomic mass is 10.2. The van der Waals surface area contributed by atoms with Crippen LogP contribution in [0.5, 0.6) is 0 Å². The zero-order valence-corrected chi connectivity index (χ0v) is 17.8. The predicted octanol–water partition coefficient (Wildman–Crippen LogP) is 4.41. The SMILES string of the molecule is Cc1nn(Cc2ccccc2)c(C)c1C(=O)OCC(=O)Nc1ncc(C(F)(F)F)cc1Cl. The van der Waals surface area contributed by atoms with Crippen molar-refractivity contribution in [3.63, 3.8) is 0 Å². The Hall–Kier alpha value is -3.40. The van der Waals surface area contributed by atoms with Gasteiger partial charge in [-0.3, -0.25) is 9.48 Å². The van der Waals surface area contributed by atoms with Gasteiger partial charge in [-0.1, -0.05) is 41.9 Å². The summed E-state index contributed by atoms with van der Waals surface area (Å²) in [6.07, 6.45) is -4.07. The van der Waals surface area contributed by atoms with Crippen LogP contribution in [0.4, 0.5) is 19.0 Å². The third-order valence-corrected chi connectivity index (χ3v) is 4.81. The Balaban J connectivity index is 1.63. The van der Waals surface area contributed by atoms with Crippen molar-refractivity contribution in [1.29, 1.82) is 0 Å². The molecule has 0 atom stereocenters. The maximum atomic E-state index is 12.7. The second-order valence-electron chi connectivity index (χ2n) is 6.87. The number of aromatic nitrogens is 3. The molecule has 32 heavy (non-hydrogen) atoms. The number of carbonyl (C=O) groups excluding carboxylic acids is 2. The van der Waals surface area contributed by atoms with E-state index in [1.807, 2.05) is 30.3 Å². The number of pyridine rings is 1. The van der Waals surface area contributed by atoms with E-state index in [1.165, 1.54) is 0 Å². The lowest BCUT2D eigenvalue weighted by Crippen LogP contribution is -2.22. The summed E-state index contributed by atoms with van der Waals surface area (Å²) in [6.45, 7) is 3.14. The van der Waals surface area contributed by atoms with Crippen LogP contribution in [-0.4, -0.2) is 33.2 Å². The minimum atomic E-state index is -4.62. The van der Waals surface area contributed by atoms with Crippen molar-refractivity contribution in [1.82, 2.24) is 14.8 Å². The highest BCUT2D eigenvalue weighted by molar-refractivity contribution is 6.33. The summed E-state index contributed by atoms with van der Waals surface area (Å²) in [5, 5.41) is 6.18. The number of amides is 1. The van der Waals surface area contributed by atoms with Crippen molar-refractivity contribution in [2.75, 3.05) is 11.9 Å². The van der Waals surface area contributed by atoms with Crippen molar-refractivity contribution >= 4 is 29.3 Å². The Bertz CT molecular complexity index is 1150. The number of carbonyl (C=O) groups is 2. The number of anilines is 1. The van der Waals surface area contributed by atoms with Crippen LogP contribution in [-0.2, 0) is 22.3 Å². The fourth-order valence-electron chi connectivity index (χ4n) is 2.96. The fraction of sp³-hybridized carbons (Fsp3) is 0.238. The van der Waals surface area contributed by atoms with Crippen molar-refractivity contribution in [2.24, 2.45) is 0 Å². The Kier molecular flexibility index (Phi) is 6.83. The molecule has 0 aliphatic rings. The number of nitrogens with one attached hydrogen (secondary N) is 1. The predicted molar refractivity (Wildman–Crippen MR) is 110 cm³/mol. The van der Waals surface area contributed by atoms with Gasteiger partial charge in [0.2, 0.25) is 0 Å². The first-order chi connectivity index (χ1) is 15.1. The molecule has 7 nitrogen and oxygen atoms in total. The number of aryl methyl sites for hydroxylation is 1. The number of hydrogen-bond acceptors (Lipinski definition) is 5. The van der Waals surface area contributed by atoms with Crippen LogP contribution in [0.25, 0.3) is 0 Å². The first kappa shape index (κ1) is 23.3. The van der Waals surface area contributed by atoms with E-state index in [4.69, 9.17) is 16.3 Å². The van der Waals surface area contributed by atoms with Crippen LogP contribution in [0.1, 0.15) is 32.9 Å². The van der Waals surface area contributed by atoms with Crippen molar-refractivity contribution in [3.8, 4) is 0 Å². The lowest BCUT2D eigenvalue weighted by molar-refractivity contribution is -0.137. The molecule has 0 spiro atoms. The van der Waals surface area contributed by atoms with E-state index in [2.05, 4.69) is 15.4 Å². The molecule has 0 bridgehead atoms. The van der Waals surface area contributed by atoms with Gasteiger partial charge >= 0.3 is 12.1 Å². The molecule has 2 heterocycles. The molecule has 11 heteroatoms. The lowest BCUT2D eigenvalue weighted by Gasteiger charge is -2.10. The van der Waals surface area contributed by atoms with E-state index in [-0.39, 0.29) is 11.4 Å². The van der Waals surface area contributed by atoms with Gasteiger partial charge in [-0.2, -0.15) is 18.3 Å². The van der Waals surface area contributed by atoms with Crippen LogP contribution in [0.2, 0.25) is 5.02 Å². The molecule has 0 aliphatic heterocycles. The summed E-state index contributed by atoms with van der Waals surface area (Å²) in [4.78, 5) is 28.1. The van der Waals surface area contributed by atoms with Crippen LogP contribution in [0.3, 0.4) is 0 Å². The average molecular weight is 467 g/mol. The van der Waals surface area contributed by atoms with Crippen LogP contribution in [0.15, 0.2) is 42.6 Å². The van der Waals surface area contributed by atoms with Gasteiger partial charge in [0.25, 0.3) is 5.91 Å². The monoisotopic (exact) mass is 466 g/mol. The number of ether oxygens (including phenoxy) is 1. The molecule has 0 saturated heterocycles. The van der Waals surface area contributed by atoms with Crippen molar-refractivity contribution in [3.05, 3.63) is 75.7 Å². The van der Waals surface area contributed by atoms with Gasteiger partial charge in [-0.25, -0.2) is 9.78 Å². The number of esters is 1. The zero-order chi connectivity index (χ0) is 23.5. The third kappa shape index (κ3) is 5.44. The third-order valence-electron chi connectivity index (χ3n) is 4.52. The molecular formula is C21H18ClF3N4O3. The Morgan fingerprint density at radius 1 is 1.19 bits per heavy atom. The largest absolute Gasteiger partial charge is 0.452 e. The molecule has 168 valence electrons. The number of hydrogen-bond donors (Lipinski definition) is 1. The van der Waals surface area contributed by atoms with Gasteiger partial charge in [0.05, 0.1) is 28.5 Å². The normalized spacial score (nSPS) is 11.3. The maximum absolute atomic E-state index is 12.7. The molecule has 0 fully saturated rings. The minimum absolute atomic E-state index is 0.236. The summed E-state index contributed by atoms with van der Waals surface area (Å²) in [5.74, 6) is -1.83. The minimum Gasteiger partial charge on any atom is -0.452 e. The Morgan fingerprint density at radius 2 is 1.88 bits per heavy atom. The number of nitrogens with zero attached hydrogens (tertiary/aromatic N) is 3. The smallest absolute Gasteiger partial charge is 0.417 e. The maximum Gasteiger partial charge on any atom is 0.417 e. The highest BCUT2D eigenvalue weighted by atomic mass is 35.5. The molecule has 1 aromatic carbocycles. The molecule has 0 unspecified atom stereocenters. The van der Waals surface area contributed by atoms with Gasteiger partial charge < -0.3 is 10.1 Å². The van der Waals surface area contributed by atoms with Gasteiger partial charge in [-0.15, -0.1) is 0 Å². The van der Waals surface area contributed by atoms with Crippen molar-refractivity contribution < 1.29 is 27.5 Å². The van der Waals surface area contributed by atoms with Crippen LogP contribution < -0.4 is 5.32 Å². The number of alkyl halides is 3. The van der Waals surface area contributed by atoms with Gasteiger partial charge in [0, 0.05) is 6.20 Å². The Morgan fingerprint density at radius 3 is 2.50 bits per heavy atom. The molecule has 3 aromatic rings. The van der Waals surface area contributed by atoms with E-state index in [0.29, 0.717) is 30.2 Å². The van der Waals surface area contributed by atoms with Crippen LogP contribution in [0, 0.1) is 13.8 Å². The fourth-order valence-corrected chi connectivity index (χ4v) is 3.17. The summed E-state index contributed by atoms with van der Waals surface area (Å²) in [7, 11) is 0. The van der Waals surface area contributed by atoms with E-state index in [0.717, 1.165) is 5.56 Å². The highest BCUT2D eigenvalue weighted by Crippen LogP contribution is 2.32. The topological polar surface area (TPSA) is 86.1 Å². The quantitative estimate of drug-likeness (QED) is 0.544. The summed E-state index contributed by atoms with van der Waals surface area (Å²) in [5.41, 5.74) is 1.20. The summed E-state index contributed by atoms with van der Waals surface area (Å²) in [6, 6.07) is 10.2. The molecule has 0 saturated carbocycles. The van der Waals surface area contributed by atoms with Crippen LogP contribution >= 0.6 is 11.6 Å². The molecule has 2 aromatic heterocycles. The molecule has 0 radical (unpaired) electrons. The van der Waals surface area contributed by atoms with Gasteiger partial charge in [0.1, 0.15) is 5.56 Å². The first-order valence-corrected chi connectivity index (χ1v) is 9.71. The summed E-state index contributed by atoms with van der Waals surface area (Å²) >= 11 is 5.75. The van der Waals surface area contributed by atoms with E-state index < -0.39 is 35.2 Å². The standard InChI is InChI=1S/C21H18ClF3N4O3/c1-12-18(13(2)29(28-12)10-14-6-4-3-5-7-14)20(31)32-11-17(30)27-19-16(22)8-15(9-26-19)21(23,24)25/h3-9H,10-11H2,1-2H3,(H,26,27,30). The average Bonchev–Trinajstić information content (AvgIpc) is 3.00. The zero-order valence-electron chi connectivity index (χ0n) is 17.0. The van der Waals surface area contributed by atoms with Gasteiger partial charge in [0.15, 0.2) is 12.4 Å². The molecule has 1 amide bonds. The number of rotatable bonds is 6.